The fourth-order valence-corrected chi connectivity index (χ4v) is 2.65. The number of hydrogen-bond acceptors (Lipinski definition) is 3. The van der Waals surface area contributed by atoms with Crippen LogP contribution in [0.3, 0.4) is 0 Å². The van der Waals surface area contributed by atoms with Gasteiger partial charge in [-0.2, -0.15) is 0 Å². The quantitative estimate of drug-likeness (QED) is 0.618. The summed E-state index contributed by atoms with van der Waals surface area (Å²) in [5, 5.41) is 10.9. The average Bonchev–Trinajstić information content (AvgIpc) is 2.55. The summed E-state index contributed by atoms with van der Waals surface area (Å²) in [6.45, 7) is 7.00. The molecule has 0 aliphatic heterocycles. The van der Waals surface area contributed by atoms with Crippen LogP contribution < -0.4 is 0 Å². The highest BCUT2D eigenvalue weighted by Crippen LogP contribution is 2.30. The van der Waals surface area contributed by atoms with E-state index >= 15 is 0 Å². The van der Waals surface area contributed by atoms with E-state index in [-0.39, 0.29) is 11.6 Å². The molecule has 0 aliphatic carbocycles. The highest BCUT2D eigenvalue weighted by Gasteiger charge is 2.18. The molecule has 0 aliphatic rings. The van der Waals surface area contributed by atoms with E-state index in [9.17, 15) is 14.9 Å². The van der Waals surface area contributed by atoms with Crippen molar-refractivity contribution in [1.29, 1.82) is 0 Å². The molecule has 0 heterocycles. The first-order valence-electron chi connectivity index (χ1n) is 7.63. The van der Waals surface area contributed by atoms with Crippen LogP contribution in [-0.2, 0) is 0 Å². The maximum Gasteiger partial charge on any atom is 0.269 e. The molecule has 2 aromatic carbocycles. The van der Waals surface area contributed by atoms with Gasteiger partial charge >= 0.3 is 0 Å². The van der Waals surface area contributed by atoms with Crippen molar-refractivity contribution in [2.75, 3.05) is 13.1 Å². The van der Waals surface area contributed by atoms with Crippen molar-refractivity contribution in [2.45, 2.75) is 20.8 Å². The van der Waals surface area contributed by atoms with Crippen molar-refractivity contribution >= 4 is 11.6 Å². The minimum Gasteiger partial charge on any atom is -0.339 e. The highest BCUT2D eigenvalue weighted by molar-refractivity contribution is 6.01. The highest BCUT2D eigenvalue weighted by atomic mass is 16.6. The third-order valence-electron chi connectivity index (χ3n) is 3.92. The number of hydrogen-bond donors (Lipinski definition) is 0. The van der Waals surface area contributed by atoms with E-state index < -0.39 is 4.92 Å². The Balaban J connectivity index is 2.53. The molecule has 0 saturated carbocycles. The number of carbonyl (C=O) groups excluding carboxylic acids is 1. The molecule has 0 spiro atoms. The summed E-state index contributed by atoms with van der Waals surface area (Å²) in [4.78, 5) is 24.9. The Bertz CT molecular complexity index is 737. The number of aryl methyl sites for hydroxylation is 1. The van der Waals surface area contributed by atoms with Gasteiger partial charge in [0.05, 0.1) is 4.92 Å². The van der Waals surface area contributed by atoms with Crippen LogP contribution in [0.2, 0.25) is 0 Å². The number of benzene rings is 2. The number of rotatable bonds is 5. The number of nitro benzene ring substituents is 1. The summed E-state index contributed by atoms with van der Waals surface area (Å²) < 4.78 is 0. The largest absolute Gasteiger partial charge is 0.339 e. The van der Waals surface area contributed by atoms with Gasteiger partial charge in [0.25, 0.3) is 11.6 Å². The van der Waals surface area contributed by atoms with Crippen LogP contribution in [0.4, 0.5) is 5.69 Å². The third-order valence-corrected chi connectivity index (χ3v) is 3.92. The second-order valence-electron chi connectivity index (χ2n) is 5.28. The van der Waals surface area contributed by atoms with E-state index in [1.165, 1.54) is 12.1 Å². The van der Waals surface area contributed by atoms with Crippen molar-refractivity contribution in [1.82, 2.24) is 4.90 Å². The summed E-state index contributed by atoms with van der Waals surface area (Å²) in [7, 11) is 0. The molecule has 0 N–H and O–H groups in total. The van der Waals surface area contributed by atoms with Gasteiger partial charge in [0.2, 0.25) is 0 Å². The Morgan fingerprint density at radius 2 is 1.74 bits per heavy atom. The molecule has 0 fully saturated rings. The zero-order chi connectivity index (χ0) is 17.0. The molecule has 5 heteroatoms. The maximum atomic E-state index is 12.7. The van der Waals surface area contributed by atoms with Gasteiger partial charge in [0.15, 0.2) is 0 Å². The standard InChI is InChI=1S/C18H20N2O3/c1-4-19(5-2)18(21)17-9-7-6-8-16(17)15-11-10-14(20(22)23)12-13(15)3/h6-12H,4-5H2,1-3H3. The number of amides is 1. The minimum atomic E-state index is -0.413. The Morgan fingerprint density at radius 3 is 2.30 bits per heavy atom. The molecule has 0 saturated heterocycles. The van der Waals surface area contributed by atoms with Crippen molar-refractivity contribution < 1.29 is 9.72 Å². The van der Waals surface area contributed by atoms with Gasteiger partial charge in [0.1, 0.15) is 0 Å². The Labute approximate surface area is 135 Å². The topological polar surface area (TPSA) is 63.5 Å². The summed E-state index contributed by atoms with van der Waals surface area (Å²) in [6.07, 6.45) is 0. The average molecular weight is 312 g/mol. The molecule has 0 aromatic heterocycles. The lowest BCUT2D eigenvalue weighted by molar-refractivity contribution is -0.384. The molecule has 0 bridgehead atoms. The van der Waals surface area contributed by atoms with Crippen molar-refractivity contribution in [2.24, 2.45) is 0 Å². The molecule has 1 amide bonds. The molecule has 2 rings (SSSR count). The van der Waals surface area contributed by atoms with E-state index in [2.05, 4.69) is 0 Å². The Kier molecular flexibility index (Phi) is 5.11. The number of carbonyl (C=O) groups is 1. The molecule has 0 radical (unpaired) electrons. The second-order valence-corrected chi connectivity index (χ2v) is 5.28. The summed E-state index contributed by atoms with van der Waals surface area (Å²) in [5.41, 5.74) is 3.09. The molecular formula is C18H20N2O3. The van der Waals surface area contributed by atoms with Gasteiger partial charge in [-0.3, -0.25) is 14.9 Å². The molecule has 0 unspecified atom stereocenters. The summed E-state index contributed by atoms with van der Waals surface area (Å²) in [6, 6.07) is 12.1. The predicted octanol–water partition coefficient (Wildman–Crippen LogP) is 4.05. The van der Waals surface area contributed by atoms with E-state index in [0.717, 1.165) is 16.7 Å². The van der Waals surface area contributed by atoms with Crippen molar-refractivity contribution in [3.05, 3.63) is 63.7 Å². The smallest absolute Gasteiger partial charge is 0.269 e. The normalized spacial score (nSPS) is 10.4. The molecule has 5 nitrogen and oxygen atoms in total. The summed E-state index contributed by atoms with van der Waals surface area (Å²) in [5.74, 6) is -0.0247. The molecule has 23 heavy (non-hydrogen) atoms. The van der Waals surface area contributed by atoms with Gasteiger partial charge in [-0.15, -0.1) is 0 Å². The molecule has 120 valence electrons. The zero-order valence-electron chi connectivity index (χ0n) is 13.6. The van der Waals surface area contributed by atoms with E-state index in [4.69, 9.17) is 0 Å². The lowest BCUT2D eigenvalue weighted by Crippen LogP contribution is -2.30. The first-order valence-corrected chi connectivity index (χ1v) is 7.63. The van der Waals surface area contributed by atoms with Gasteiger partial charge in [-0.05, 0) is 49.6 Å². The van der Waals surface area contributed by atoms with Crippen molar-refractivity contribution in [3.8, 4) is 11.1 Å². The number of nitrogens with zero attached hydrogens (tertiary/aromatic N) is 2. The van der Waals surface area contributed by atoms with Crippen LogP contribution in [0, 0.1) is 17.0 Å². The lowest BCUT2D eigenvalue weighted by atomic mass is 9.95. The van der Waals surface area contributed by atoms with E-state index in [1.807, 2.05) is 39.0 Å². The van der Waals surface area contributed by atoms with Crippen LogP contribution in [0.1, 0.15) is 29.8 Å². The zero-order valence-corrected chi connectivity index (χ0v) is 13.6. The van der Waals surface area contributed by atoms with Gasteiger partial charge in [-0.1, -0.05) is 18.2 Å². The van der Waals surface area contributed by atoms with Crippen molar-refractivity contribution in [3.63, 3.8) is 0 Å². The maximum absolute atomic E-state index is 12.7. The molecule has 0 atom stereocenters. The predicted molar refractivity (Wildman–Crippen MR) is 90.5 cm³/mol. The van der Waals surface area contributed by atoms with Gasteiger partial charge in [-0.25, -0.2) is 0 Å². The fraction of sp³-hybridized carbons (Fsp3) is 0.278. The summed E-state index contributed by atoms with van der Waals surface area (Å²) >= 11 is 0. The van der Waals surface area contributed by atoms with Crippen LogP contribution in [0.15, 0.2) is 42.5 Å². The lowest BCUT2D eigenvalue weighted by Gasteiger charge is -2.21. The van der Waals surface area contributed by atoms with E-state index in [1.54, 1.807) is 17.0 Å². The molecular weight excluding hydrogens is 292 g/mol. The first kappa shape index (κ1) is 16.7. The van der Waals surface area contributed by atoms with E-state index in [0.29, 0.717) is 18.7 Å². The first-order chi connectivity index (χ1) is 11.0. The van der Waals surface area contributed by atoms with Crippen LogP contribution >= 0.6 is 0 Å². The Morgan fingerprint density at radius 1 is 1.09 bits per heavy atom. The van der Waals surface area contributed by atoms with Crippen LogP contribution in [-0.4, -0.2) is 28.8 Å². The minimum absolute atomic E-state index is 0.0247. The SMILES string of the molecule is CCN(CC)C(=O)c1ccccc1-c1ccc([N+](=O)[O-])cc1C. The fourth-order valence-electron chi connectivity index (χ4n) is 2.65. The van der Waals surface area contributed by atoms with Crippen LogP contribution in [0.25, 0.3) is 11.1 Å². The van der Waals surface area contributed by atoms with Crippen LogP contribution in [0.5, 0.6) is 0 Å². The number of non-ortho nitro benzene ring substituents is 1. The molecule has 2 aromatic rings. The Hall–Kier alpha value is -2.69. The second kappa shape index (κ2) is 7.05. The third kappa shape index (κ3) is 3.39. The van der Waals surface area contributed by atoms with Gasteiger partial charge < -0.3 is 4.90 Å². The monoisotopic (exact) mass is 312 g/mol. The number of nitro groups is 1. The van der Waals surface area contributed by atoms with Gasteiger partial charge in [0, 0.05) is 30.8 Å².